The standard InChI is InChI=1S/C20H21N/c1-2-8-16(9-3-1)20-14-18-11-6-7-13-21(18)15-17-10-4-5-12-19(17)20/h1-5,8-10,12,14,20H,6-7,11,13,15H2. The van der Waals surface area contributed by atoms with E-state index in [0.717, 1.165) is 6.54 Å². The summed E-state index contributed by atoms with van der Waals surface area (Å²) in [5.74, 6) is 0.403. The summed E-state index contributed by atoms with van der Waals surface area (Å²) in [6.45, 7) is 2.28. The molecular formula is C20H21N. The van der Waals surface area contributed by atoms with Crippen LogP contribution in [0, 0.1) is 0 Å². The molecule has 4 rings (SSSR count). The Morgan fingerprint density at radius 1 is 0.857 bits per heavy atom. The van der Waals surface area contributed by atoms with E-state index in [9.17, 15) is 0 Å². The zero-order valence-corrected chi connectivity index (χ0v) is 12.3. The smallest absolute Gasteiger partial charge is 0.0429 e. The van der Waals surface area contributed by atoms with Crippen molar-refractivity contribution in [3.63, 3.8) is 0 Å². The van der Waals surface area contributed by atoms with E-state index in [1.54, 1.807) is 5.70 Å². The lowest BCUT2D eigenvalue weighted by Gasteiger charge is -2.31. The third kappa shape index (κ3) is 2.37. The average Bonchev–Trinajstić information content (AvgIpc) is 2.72. The van der Waals surface area contributed by atoms with Crippen molar-refractivity contribution in [3.8, 4) is 0 Å². The summed E-state index contributed by atoms with van der Waals surface area (Å²) in [7, 11) is 0. The van der Waals surface area contributed by atoms with Crippen LogP contribution in [0.3, 0.4) is 0 Å². The highest BCUT2D eigenvalue weighted by molar-refractivity contribution is 5.44. The molecule has 21 heavy (non-hydrogen) atoms. The maximum atomic E-state index is 2.59. The molecule has 0 aliphatic carbocycles. The summed E-state index contributed by atoms with van der Waals surface area (Å²) in [6.07, 6.45) is 6.41. The Labute approximate surface area is 126 Å². The molecule has 2 aliphatic rings. The second kappa shape index (κ2) is 5.40. The van der Waals surface area contributed by atoms with E-state index in [1.807, 2.05) is 0 Å². The van der Waals surface area contributed by atoms with E-state index in [2.05, 4.69) is 65.6 Å². The topological polar surface area (TPSA) is 3.24 Å². The normalized spacial score (nSPS) is 21.0. The highest BCUT2D eigenvalue weighted by Crippen LogP contribution is 2.36. The van der Waals surface area contributed by atoms with Crippen LogP contribution in [0.5, 0.6) is 0 Å². The number of nitrogens with zero attached hydrogens (tertiary/aromatic N) is 1. The molecule has 2 aromatic rings. The first-order chi connectivity index (χ1) is 10.4. The lowest BCUT2D eigenvalue weighted by atomic mass is 9.88. The quantitative estimate of drug-likeness (QED) is 0.729. The molecule has 0 saturated carbocycles. The van der Waals surface area contributed by atoms with Crippen molar-refractivity contribution in [2.45, 2.75) is 31.7 Å². The molecule has 2 aromatic carbocycles. The van der Waals surface area contributed by atoms with E-state index in [0.29, 0.717) is 5.92 Å². The number of fused-ring (bicyclic) bond motifs is 2. The number of rotatable bonds is 1. The van der Waals surface area contributed by atoms with Gasteiger partial charge in [-0.15, -0.1) is 0 Å². The third-order valence-electron chi connectivity index (χ3n) is 4.79. The molecule has 2 aliphatic heterocycles. The van der Waals surface area contributed by atoms with Crippen LogP contribution < -0.4 is 0 Å². The van der Waals surface area contributed by atoms with Gasteiger partial charge in [-0.2, -0.15) is 0 Å². The predicted octanol–water partition coefficient (Wildman–Crippen LogP) is 4.70. The Morgan fingerprint density at radius 3 is 2.57 bits per heavy atom. The van der Waals surface area contributed by atoms with E-state index in [1.165, 1.54) is 42.5 Å². The SMILES string of the molecule is C1=C2CCCCN2Cc2ccccc2C1c1ccccc1. The molecular weight excluding hydrogens is 254 g/mol. The molecule has 1 atom stereocenters. The van der Waals surface area contributed by atoms with Crippen molar-refractivity contribution < 1.29 is 0 Å². The van der Waals surface area contributed by atoms with E-state index in [4.69, 9.17) is 0 Å². The molecule has 1 nitrogen and oxygen atoms in total. The number of benzene rings is 2. The number of hydrogen-bond donors (Lipinski definition) is 0. The minimum absolute atomic E-state index is 0.403. The Bertz CT molecular complexity index is 657. The van der Waals surface area contributed by atoms with Crippen LogP contribution in [0.4, 0.5) is 0 Å². The molecule has 0 bridgehead atoms. The van der Waals surface area contributed by atoms with Crippen LogP contribution >= 0.6 is 0 Å². The monoisotopic (exact) mass is 275 g/mol. The van der Waals surface area contributed by atoms with Gasteiger partial charge in [0.05, 0.1) is 0 Å². The molecule has 106 valence electrons. The molecule has 1 unspecified atom stereocenters. The lowest BCUT2D eigenvalue weighted by molar-refractivity contribution is 0.284. The first-order valence-electron chi connectivity index (χ1n) is 8.00. The summed E-state index contributed by atoms with van der Waals surface area (Å²) >= 11 is 0. The van der Waals surface area contributed by atoms with Crippen molar-refractivity contribution in [2.75, 3.05) is 6.54 Å². The first kappa shape index (κ1) is 12.7. The van der Waals surface area contributed by atoms with Gasteiger partial charge in [0.15, 0.2) is 0 Å². The minimum Gasteiger partial charge on any atom is -0.371 e. The number of piperidine rings is 1. The molecule has 0 spiro atoms. The third-order valence-corrected chi connectivity index (χ3v) is 4.79. The zero-order valence-electron chi connectivity index (χ0n) is 12.3. The van der Waals surface area contributed by atoms with Gasteiger partial charge in [-0.3, -0.25) is 0 Å². The second-order valence-corrected chi connectivity index (χ2v) is 6.12. The van der Waals surface area contributed by atoms with Gasteiger partial charge in [0, 0.05) is 24.7 Å². The van der Waals surface area contributed by atoms with Crippen molar-refractivity contribution >= 4 is 0 Å². The van der Waals surface area contributed by atoms with Gasteiger partial charge < -0.3 is 4.90 Å². The molecule has 0 radical (unpaired) electrons. The minimum atomic E-state index is 0.403. The lowest BCUT2D eigenvalue weighted by Crippen LogP contribution is -2.26. The van der Waals surface area contributed by atoms with Gasteiger partial charge in [-0.25, -0.2) is 0 Å². The van der Waals surface area contributed by atoms with Gasteiger partial charge in [0.2, 0.25) is 0 Å². The first-order valence-corrected chi connectivity index (χ1v) is 8.00. The highest BCUT2D eigenvalue weighted by atomic mass is 15.1. The van der Waals surface area contributed by atoms with Gasteiger partial charge in [0.1, 0.15) is 0 Å². The summed E-state index contributed by atoms with van der Waals surface area (Å²) < 4.78 is 0. The van der Waals surface area contributed by atoms with Crippen LogP contribution in [0.2, 0.25) is 0 Å². The maximum Gasteiger partial charge on any atom is 0.0429 e. The van der Waals surface area contributed by atoms with Crippen LogP contribution in [0.15, 0.2) is 66.4 Å². The summed E-state index contributed by atoms with van der Waals surface area (Å²) in [4.78, 5) is 2.59. The van der Waals surface area contributed by atoms with Crippen LogP contribution in [-0.4, -0.2) is 11.4 Å². The Kier molecular flexibility index (Phi) is 3.27. The Balaban J connectivity index is 1.85. The van der Waals surface area contributed by atoms with E-state index in [-0.39, 0.29) is 0 Å². The number of allylic oxidation sites excluding steroid dienone is 2. The van der Waals surface area contributed by atoms with E-state index < -0.39 is 0 Å². The highest BCUT2D eigenvalue weighted by Gasteiger charge is 2.24. The fraction of sp³-hybridized carbons (Fsp3) is 0.300. The van der Waals surface area contributed by atoms with Crippen molar-refractivity contribution in [1.82, 2.24) is 4.90 Å². The largest absolute Gasteiger partial charge is 0.371 e. The van der Waals surface area contributed by atoms with Crippen molar-refractivity contribution in [1.29, 1.82) is 0 Å². The molecule has 1 heteroatoms. The van der Waals surface area contributed by atoms with Crippen LogP contribution in [0.25, 0.3) is 0 Å². The average molecular weight is 275 g/mol. The van der Waals surface area contributed by atoms with Crippen LogP contribution in [0.1, 0.15) is 41.9 Å². The van der Waals surface area contributed by atoms with Crippen molar-refractivity contribution in [2.24, 2.45) is 0 Å². The fourth-order valence-corrected chi connectivity index (χ4v) is 3.69. The van der Waals surface area contributed by atoms with Gasteiger partial charge in [-0.05, 0) is 36.0 Å². The van der Waals surface area contributed by atoms with Gasteiger partial charge >= 0.3 is 0 Å². The van der Waals surface area contributed by atoms with Gasteiger partial charge in [-0.1, -0.05) is 60.7 Å². The summed E-state index contributed by atoms with van der Waals surface area (Å²) in [5, 5.41) is 0. The molecule has 1 fully saturated rings. The molecule has 0 aromatic heterocycles. The van der Waals surface area contributed by atoms with Gasteiger partial charge in [0.25, 0.3) is 0 Å². The summed E-state index contributed by atoms with van der Waals surface area (Å²) in [6, 6.07) is 19.9. The molecule has 0 N–H and O–H groups in total. The molecule has 2 heterocycles. The second-order valence-electron chi connectivity index (χ2n) is 6.12. The predicted molar refractivity (Wildman–Crippen MR) is 87.1 cm³/mol. The zero-order chi connectivity index (χ0) is 14.1. The Morgan fingerprint density at radius 2 is 1.67 bits per heavy atom. The van der Waals surface area contributed by atoms with Crippen LogP contribution in [-0.2, 0) is 6.54 Å². The van der Waals surface area contributed by atoms with Crippen molar-refractivity contribution in [3.05, 3.63) is 83.1 Å². The fourth-order valence-electron chi connectivity index (χ4n) is 3.69. The molecule has 1 saturated heterocycles. The van der Waals surface area contributed by atoms with E-state index >= 15 is 0 Å². The summed E-state index contributed by atoms with van der Waals surface area (Å²) in [5.41, 5.74) is 5.92. The molecule has 0 amide bonds. The maximum absolute atomic E-state index is 2.59. The Hall–Kier alpha value is -2.02. The number of hydrogen-bond acceptors (Lipinski definition) is 1.